The van der Waals surface area contributed by atoms with Gasteiger partial charge >= 0.3 is 11.9 Å². The number of carbonyl (C=O) groups is 2. The smallest absolute Gasteiger partial charge is 0.354 e. The van der Waals surface area contributed by atoms with Crippen molar-refractivity contribution < 1.29 is 34.0 Å². The van der Waals surface area contributed by atoms with Crippen LogP contribution < -0.4 is 14.2 Å². The first-order chi connectivity index (χ1) is 11.4. The summed E-state index contributed by atoms with van der Waals surface area (Å²) in [6, 6.07) is 5.67. The van der Waals surface area contributed by atoms with Gasteiger partial charge in [-0.05, 0) is 17.7 Å². The molecule has 126 valence electrons. The number of ether oxygens (including phenoxy) is 3. The highest BCUT2D eigenvalue weighted by atomic mass is 16.5. The van der Waals surface area contributed by atoms with E-state index in [-0.39, 0.29) is 5.56 Å². The summed E-state index contributed by atoms with van der Waals surface area (Å²) in [6.07, 6.45) is 0. The summed E-state index contributed by atoms with van der Waals surface area (Å²) in [5.41, 5.74) is -0.112. The standard InChI is InChI=1S/C16H15NO7/c1-22-9-6-12(23-2)14(13(7-9)24-3)8-4-10(15(18)19)17-11(5-8)16(20)21/h4-7H,1-3H3,(H,18,19)(H,20,21). The van der Waals surface area contributed by atoms with Gasteiger partial charge < -0.3 is 24.4 Å². The highest BCUT2D eigenvalue weighted by Crippen LogP contribution is 2.42. The summed E-state index contributed by atoms with van der Waals surface area (Å²) < 4.78 is 15.8. The fourth-order valence-electron chi connectivity index (χ4n) is 2.18. The first-order valence-corrected chi connectivity index (χ1v) is 6.70. The van der Waals surface area contributed by atoms with Crippen molar-refractivity contribution in [2.75, 3.05) is 21.3 Å². The predicted octanol–water partition coefficient (Wildman–Crippen LogP) is 2.17. The molecule has 0 atom stereocenters. The maximum atomic E-state index is 11.2. The summed E-state index contributed by atoms with van der Waals surface area (Å²) in [5.74, 6) is -1.54. The Morgan fingerprint density at radius 2 is 1.29 bits per heavy atom. The van der Waals surface area contributed by atoms with Crippen molar-refractivity contribution in [1.29, 1.82) is 0 Å². The Hall–Kier alpha value is -3.29. The molecule has 1 aromatic heterocycles. The quantitative estimate of drug-likeness (QED) is 0.826. The zero-order valence-electron chi connectivity index (χ0n) is 13.2. The fourth-order valence-corrected chi connectivity index (χ4v) is 2.18. The lowest BCUT2D eigenvalue weighted by Gasteiger charge is -2.16. The van der Waals surface area contributed by atoms with E-state index in [1.165, 1.54) is 33.5 Å². The SMILES string of the molecule is COc1cc(OC)c(-c2cc(C(=O)O)nc(C(=O)O)c2)c(OC)c1. The summed E-state index contributed by atoms with van der Waals surface area (Å²) >= 11 is 0. The number of aromatic nitrogens is 1. The van der Waals surface area contributed by atoms with Crippen LogP contribution in [0.15, 0.2) is 24.3 Å². The van der Waals surface area contributed by atoms with E-state index in [1.54, 1.807) is 12.1 Å². The minimum absolute atomic E-state index is 0.288. The molecule has 0 aliphatic carbocycles. The lowest BCUT2D eigenvalue weighted by molar-refractivity contribution is 0.0685. The first-order valence-electron chi connectivity index (χ1n) is 6.70. The van der Waals surface area contributed by atoms with Gasteiger partial charge in [-0.2, -0.15) is 0 Å². The van der Waals surface area contributed by atoms with Gasteiger partial charge in [0.25, 0.3) is 0 Å². The van der Waals surface area contributed by atoms with Gasteiger partial charge in [-0.1, -0.05) is 0 Å². The molecule has 0 amide bonds. The summed E-state index contributed by atoms with van der Waals surface area (Å²) in [4.78, 5) is 26.1. The van der Waals surface area contributed by atoms with Crippen molar-refractivity contribution in [3.05, 3.63) is 35.7 Å². The molecule has 1 aromatic carbocycles. The second-order valence-electron chi connectivity index (χ2n) is 4.64. The summed E-state index contributed by atoms with van der Waals surface area (Å²) in [6.45, 7) is 0. The number of carboxylic acid groups (broad SMARTS) is 2. The van der Waals surface area contributed by atoms with E-state index < -0.39 is 23.3 Å². The normalized spacial score (nSPS) is 10.1. The molecule has 24 heavy (non-hydrogen) atoms. The molecular formula is C16H15NO7. The number of pyridine rings is 1. The first kappa shape index (κ1) is 17.1. The Kier molecular flexibility index (Phi) is 4.88. The lowest BCUT2D eigenvalue weighted by Crippen LogP contribution is -2.08. The van der Waals surface area contributed by atoms with E-state index in [2.05, 4.69) is 4.98 Å². The van der Waals surface area contributed by atoms with Crippen LogP contribution >= 0.6 is 0 Å². The number of methoxy groups -OCH3 is 3. The monoisotopic (exact) mass is 333 g/mol. The molecule has 0 fully saturated rings. The van der Waals surface area contributed by atoms with Crippen LogP contribution in [0.2, 0.25) is 0 Å². The highest BCUT2D eigenvalue weighted by Gasteiger charge is 2.20. The molecule has 0 unspecified atom stereocenters. The van der Waals surface area contributed by atoms with Crippen molar-refractivity contribution in [3.63, 3.8) is 0 Å². The van der Waals surface area contributed by atoms with Crippen molar-refractivity contribution in [2.45, 2.75) is 0 Å². The van der Waals surface area contributed by atoms with E-state index in [4.69, 9.17) is 24.4 Å². The molecule has 2 N–H and O–H groups in total. The lowest BCUT2D eigenvalue weighted by atomic mass is 10.0. The van der Waals surface area contributed by atoms with Gasteiger partial charge in [0.2, 0.25) is 0 Å². The number of rotatable bonds is 6. The Bertz CT molecular complexity index is 744. The average Bonchev–Trinajstić information content (AvgIpc) is 2.59. The van der Waals surface area contributed by atoms with Crippen LogP contribution in [0.5, 0.6) is 17.2 Å². The van der Waals surface area contributed by atoms with Crippen molar-refractivity contribution in [1.82, 2.24) is 4.98 Å². The van der Waals surface area contributed by atoms with Gasteiger partial charge in [0, 0.05) is 12.1 Å². The molecule has 0 aliphatic rings. The third-order valence-electron chi connectivity index (χ3n) is 3.27. The number of hydrogen-bond donors (Lipinski definition) is 2. The predicted molar refractivity (Wildman–Crippen MR) is 83.2 cm³/mol. The molecule has 2 rings (SSSR count). The molecule has 1 heterocycles. The van der Waals surface area contributed by atoms with E-state index in [1.807, 2.05) is 0 Å². The number of nitrogens with zero attached hydrogens (tertiary/aromatic N) is 1. The van der Waals surface area contributed by atoms with Crippen LogP contribution in [-0.2, 0) is 0 Å². The number of benzene rings is 1. The molecular weight excluding hydrogens is 318 g/mol. The molecule has 0 aliphatic heterocycles. The molecule has 0 saturated carbocycles. The number of aromatic carboxylic acids is 2. The van der Waals surface area contributed by atoms with Crippen LogP contribution in [0.4, 0.5) is 0 Å². The van der Waals surface area contributed by atoms with E-state index in [0.717, 1.165) is 0 Å². The Labute approximate surface area is 137 Å². The minimum Gasteiger partial charge on any atom is -0.496 e. The Balaban J connectivity index is 2.79. The van der Waals surface area contributed by atoms with Crippen LogP contribution in [0.3, 0.4) is 0 Å². The molecule has 0 bridgehead atoms. The van der Waals surface area contributed by atoms with Gasteiger partial charge in [0.1, 0.15) is 28.6 Å². The van der Waals surface area contributed by atoms with Crippen molar-refractivity contribution in [2.24, 2.45) is 0 Å². The van der Waals surface area contributed by atoms with Gasteiger partial charge in [0.15, 0.2) is 0 Å². The zero-order valence-corrected chi connectivity index (χ0v) is 13.2. The Morgan fingerprint density at radius 1 is 0.833 bits per heavy atom. The Morgan fingerprint density at radius 3 is 1.62 bits per heavy atom. The van der Waals surface area contributed by atoms with Crippen molar-refractivity contribution >= 4 is 11.9 Å². The van der Waals surface area contributed by atoms with E-state index in [0.29, 0.717) is 22.8 Å². The van der Waals surface area contributed by atoms with Crippen LogP contribution in [-0.4, -0.2) is 48.5 Å². The number of carboxylic acids is 2. The summed E-state index contributed by atoms with van der Waals surface area (Å²) in [5, 5.41) is 18.3. The van der Waals surface area contributed by atoms with E-state index >= 15 is 0 Å². The second-order valence-corrected chi connectivity index (χ2v) is 4.64. The van der Waals surface area contributed by atoms with Gasteiger partial charge in [-0.3, -0.25) is 0 Å². The highest BCUT2D eigenvalue weighted by molar-refractivity contribution is 5.93. The summed E-state index contributed by atoms with van der Waals surface area (Å²) in [7, 11) is 4.33. The van der Waals surface area contributed by atoms with E-state index in [9.17, 15) is 9.59 Å². The van der Waals surface area contributed by atoms with Crippen LogP contribution in [0.1, 0.15) is 21.0 Å². The number of hydrogen-bond acceptors (Lipinski definition) is 6. The third-order valence-corrected chi connectivity index (χ3v) is 3.27. The molecule has 0 saturated heterocycles. The topological polar surface area (TPSA) is 115 Å². The second kappa shape index (κ2) is 6.86. The largest absolute Gasteiger partial charge is 0.496 e. The molecule has 0 spiro atoms. The molecule has 2 aromatic rings. The van der Waals surface area contributed by atoms with Gasteiger partial charge in [-0.15, -0.1) is 0 Å². The molecule has 0 radical (unpaired) electrons. The van der Waals surface area contributed by atoms with Crippen LogP contribution in [0, 0.1) is 0 Å². The maximum Gasteiger partial charge on any atom is 0.354 e. The average molecular weight is 333 g/mol. The van der Waals surface area contributed by atoms with Crippen molar-refractivity contribution in [3.8, 4) is 28.4 Å². The minimum atomic E-state index is -1.34. The molecule has 8 nitrogen and oxygen atoms in total. The van der Waals surface area contributed by atoms with Crippen LogP contribution in [0.25, 0.3) is 11.1 Å². The maximum absolute atomic E-state index is 11.2. The third kappa shape index (κ3) is 3.22. The van der Waals surface area contributed by atoms with Gasteiger partial charge in [0.05, 0.1) is 26.9 Å². The zero-order chi connectivity index (χ0) is 17.9. The fraction of sp³-hybridized carbons (Fsp3) is 0.188. The molecule has 8 heteroatoms. The van der Waals surface area contributed by atoms with Gasteiger partial charge in [-0.25, -0.2) is 14.6 Å².